The molecular weight excluding hydrogens is 318 g/mol. The van der Waals surface area contributed by atoms with Crippen LogP contribution in [0, 0.1) is 18.3 Å². The van der Waals surface area contributed by atoms with E-state index in [1.54, 1.807) is 23.2 Å². The maximum absolute atomic E-state index is 12.3. The number of ether oxygens (including phenoxy) is 2. The van der Waals surface area contributed by atoms with Crippen molar-refractivity contribution in [3.05, 3.63) is 53.7 Å². The Morgan fingerprint density at radius 2 is 2.24 bits per heavy atom. The molecule has 1 aromatic carbocycles. The summed E-state index contributed by atoms with van der Waals surface area (Å²) in [6, 6.07) is 12.9. The van der Waals surface area contributed by atoms with Gasteiger partial charge in [0.15, 0.2) is 6.61 Å². The number of aryl methyl sites for hydroxylation is 1. The van der Waals surface area contributed by atoms with Crippen LogP contribution in [-0.4, -0.2) is 41.6 Å². The van der Waals surface area contributed by atoms with E-state index in [1.165, 1.54) is 0 Å². The lowest BCUT2D eigenvalue weighted by atomic mass is 10.2. The summed E-state index contributed by atoms with van der Waals surface area (Å²) in [5, 5.41) is 8.91. The van der Waals surface area contributed by atoms with E-state index < -0.39 is 0 Å². The van der Waals surface area contributed by atoms with Gasteiger partial charge in [-0.3, -0.25) is 4.79 Å². The minimum Gasteiger partial charge on any atom is -0.484 e. The number of pyridine rings is 1. The van der Waals surface area contributed by atoms with Crippen LogP contribution in [0.25, 0.3) is 0 Å². The van der Waals surface area contributed by atoms with Gasteiger partial charge < -0.3 is 14.4 Å². The van der Waals surface area contributed by atoms with Gasteiger partial charge in [0.05, 0.1) is 18.2 Å². The number of hydrogen-bond acceptors (Lipinski definition) is 5. The number of amides is 1. The van der Waals surface area contributed by atoms with Gasteiger partial charge in [-0.2, -0.15) is 5.26 Å². The molecule has 1 atom stereocenters. The number of carbonyl (C=O) groups is 1. The van der Waals surface area contributed by atoms with Crippen molar-refractivity contribution in [1.82, 2.24) is 9.88 Å². The van der Waals surface area contributed by atoms with Gasteiger partial charge in [0, 0.05) is 25.2 Å². The summed E-state index contributed by atoms with van der Waals surface area (Å²) in [7, 11) is 0. The van der Waals surface area contributed by atoms with Crippen LogP contribution < -0.4 is 9.47 Å². The predicted molar refractivity (Wildman–Crippen MR) is 91.2 cm³/mol. The minimum absolute atomic E-state index is 0.0136. The van der Waals surface area contributed by atoms with E-state index in [9.17, 15) is 4.79 Å². The standard InChI is InChI=1S/C19H19N3O3/c1-14-4-2-3-5-17(14)24-13-19(23)22-9-7-16(12-22)25-18-10-15(11-20)6-8-21-18/h2-6,8,10,16H,7,9,12-13H2,1H3. The average Bonchev–Trinajstić information content (AvgIpc) is 3.09. The lowest BCUT2D eigenvalue weighted by molar-refractivity contribution is -0.132. The second-order valence-corrected chi connectivity index (χ2v) is 5.92. The molecule has 2 heterocycles. The first-order valence-electron chi connectivity index (χ1n) is 8.14. The zero-order chi connectivity index (χ0) is 17.6. The van der Waals surface area contributed by atoms with Crippen molar-refractivity contribution in [2.75, 3.05) is 19.7 Å². The van der Waals surface area contributed by atoms with E-state index in [-0.39, 0.29) is 18.6 Å². The van der Waals surface area contributed by atoms with Gasteiger partial charge in [0.25, 0.3) is 5.91 Å². The van der Waals surface area contributed by atoms with Crippen LogP contribution in [0.5, 0.6) is 11.6 Å². The third-order valence-electron chi connectivity index (χ3n) is 4.09. The maximum Gasteiger partial charge on any atom is 0.260 e. The summed E-state index contributed by atoms with van der Waals surface area (Å²) in [4.78, 5) is 18.2. The van der Waals surface area contributed by atoms with E-state index in [0.717, 1.165) is 17.7 Å². The highest BCUT2D eigenvalue weighted by molar-refractivity contribution is 5.78. The highest BCUT2D eigenvalue weighted by Crippen LogP contribution is 2.19. The topological polar surface area (TPSA) is 75.4 Å². The normalized spacial score (nSPS) is 16.3. The lowest BCUT2D eigenvalue weighted by Gasteiger charge is -2.17. The Hall–Kier alpha value is -3.07. The SMILES string of the molecule is Cc1ccccc1OCC(=O)N1CCC(Oc2cc(C#N)ccn2)C1. The summed E-state index contributed by atoms with van der Waals surface area (Å²) in [5.41, 5.74) is 1.50. The molecule has 1 saturated heterocycles. The molecule has 0 bridgehead atoms. The monoisotopic (exact) mass is 337 g/mol. The largest absolute Gasteiger partial charge is 0.484 e. The number of rotatable bonds is 5. The summed E-state index contributed by atoms with van der Waals surface area (Å²) >= 11 is 0. The Balaban J connectivity index is 1.51. The molecule has 0 radical (unpaired) electrons. The lowest BCUT2D eigenvalue weighted by Crippen LogP contribution is -2.34. The third kappa shape index (κ3) is 4.27. The van der Waals surface area contributed by atoms with Crippen LogP contribution in [0.15, 0.2) is 42.6 Å². The molecule has 128 valence electrons. The fraction of sp³-hybridized carbons (Fsp3) is 0.316. The van der Waals surface area contributed by atoms with Crippen LogP contribution >= 0.6 is 0 Å². The Morgan fingerprint density at radius 3 is 3.04 bits per heavy atom. The molecule has 0 aliphatic carbocycles. The third-order valence-corrected chi connectivity index (χ3v) is 4.09. The fourth-order valence-electron chi connectivity index (χ4n) is 2.71. The summed E-state index contributed by atoms with van der Waals surface area (Å²) in [6.07, 6.45) is 2.15. The van der Waals surface area contributed by atoms with Gasteiger partial charge >= 0.3 is 0 Å². The molecule has 0 spiro atoms. The number of para-hydroxylation sites is 1. The number of benzene rings is 1. The summed E-state index contributed by atoms with van der Waals surface area (Å²) < 4.78 is 11.4. The van der Waals surface area contributed by atoms with Gasteiger partial charge in [-0.1, -0.05) is 18.2 Å². The van der Waals surface area contributed by atoms with Crippen LogP contribution in [0.3, 0.4) is 0 Å². The molecule has 2 aromatic rings. The molecule has 1 amide bonds. The van der Waals surface area contributed by atoms with Crippen LogP contribution in [0.1, 0.15) is 17.5 Å². The Bertz CT molecular complexity index is 800. The molecule has 0 saturated carbocycles. The van der Waals surface area contributed by atoms with Crippen LogP contribution in [0.2, 0.25) is 0 Å². The molecule has 6 heteroatoms. The van der Waals surface area contributed by atoms with Crippen molar-refractivity contribution < 1.29 is 14.3 Å². The minimum atomic E-state index is -0.121. The smallest absolute Gasteiger partial charge is 0.260 e. The maximum atomic E-state index is 12.3. The van der Waals surface area contributed by atoms with Gasteiger partial charge in [0.1, 0.15) is 11.9 Å². The Kier molecular flexibility index (Phi) is 5.14. The molecule has 1 aliphatic heterocycles. The van der Waals surface area contributed by atoms with Gasteiger partial charge in [-0.25, -0.2) is 4.98 Å². The molecule has 6 nitrogen and oxygen atoms in total. The second kappa shape index (κ2) is 7.67. The average molecular weight is 337 g/mol. The molecule has 1 aromatic heterocycles. The van der Waals surface area contributed by atoms with E-state index in [0.29, 0.717) is 24.5 Å². The summed E-state index contributed by atoms with van der Waals surface area (Å²) in [6.45, 7) is 3.08. The molecule has 25 heavy (non-hydrogen) atoms. The summed E-state index contributed by atoms with van der Waals surface area (Å²) in [5.74, 6) is 1.07. The van der Waals surface area contributed by atoms with Crippen molar-refractivity contribution in [2.24, 2.45) is 0 Å². The zero-order valence-electron chi connectivity index (χ0n) is 14.0. The number of hydrogen-bond donors (Lipinski definition) is 0. The quantitative estimate of drug-likeness (QED) is 0.837. The number of carbonyl (C=O) groups excluding carboxylic acids is 1. The fourth-order valence-corrected chi connectivity index (χ4v) is 2.71. The number of aromatic nitrogens is 1. The van der Waals surface area contributed by atoms with Gasteiger partial charge in [0.2, 0.25) is 5.88 Å². The highest BCUT2D eigenvalue weighted by atomic mass is 16.5. The van der Waals surface area contributed by atoms with E-state index in [4.69, 9.17) is 14.7 Å². The first kappa shape index (κ1) is 16.8. The van der Waals surface area contributed by atoms with E-state index >= 15 is 0 Å². The van der Waals surface area contributed by atoms with Crippen LogP contribution in [-0.2, 0) is 4.79 Å². The molecule has 1 aliphatic rings. The molecular formula is C19H19N3O3. The predicted octanol–water partition coefficient (Wildman–Crippen LogP) is 2.32. The Morgan fingerprint density at radius 1 is 1.40 bits per heavy atom. The van der Waals surface area contributed by atoms with Crippen molar-refractivity contribution >= 4 is 5.91 Å². The number of likely N-dealkylation sites (tertiary alicyclic amines) is 1. The molecule has 1 unspecified atom stereocenters. The van der Waals surface area contributed by atoms with Crippen molar-refractivity contribution in [1.29, 1.82) is 5.26 Å². The second-order valence-electron chi connectivity index (χ2n) is 5.92. The zero-order valence-corrected chi connectivity index (χ0v) is 14.0. The molecule has 1 fully saturated rings. The van der Waals surface area contributed by atoms with Crippen molar-refractivity contribution in [3.8, 4) is 17.7 Å². The number of nitriles is 1. The molecule has 0 N–H and O–H groups in total. The highest BCUT2D eigenvalue weighted by Gasteiger charge is 2.28. The Labute approximate surface area is 146 Å². The van der Waals surface area contributed by atoms with Crippen molar-refractivity contribution in [3.63, 3.8) is 0 Å². The van der Waals surface area contributed by atoms with E-state index in [2.05, 4.69) is 11.1 Å². The van der Waals surface area contributed by atoms with Crippen LogP contribution in [0.4, 0.5) is 0 Å². The van der Waals surface area contributed by atoms with Gasteiger partial charge in [-0.15, -0.1) is 0 Å². The van der Waals surface area contributed by atoms with Crippen molar-refractivity contribution in [2.45, 2.75) is 19.4 Å². The molecule has 3 rings (SSSR count). The first-order valence-corrected chi connectivity index (χ1v) is 8.14. The number of nitrogens with zero attached hydrogens (tertiary/aromatic N) is 3. The van der Waals surface area contributed by atoms with Gasteiger partial charge in [-0.05, 0) is 24.6 Å². The van der Waals surface area contributed by atoms with E-state index in [1.807, 2.05) is 31.2 Å². The first-order chi connectivity index (χ1) is 12.2.